The number of rotatable bonds is 2. The number of carbonyl (C=O) groups is 2. The topological polar surface area (TPSA) is 60.9 Å². The second-order valence-electron chi connectivity index (χ2n) is 2.31. The zero-order valence-corrected chi connectivity index (χ0v) is 6.36. The molecule has 0 saturated carbocycles. The average Bonchev–Trinajstić information content (AvgIpc) is 2.32. The molecule has 0 radical (unpaired) electrons. The van der Waals surface area contributed by atoms with Gasteiger partial charge in [-0.15, -0.1) is 6.42 Å². The lowest BCUT2D eigenvalue weighted by atomic mass is 10.5. The monoisotopic (exact) mass is 168 g/mol. The van der Waals surface area contributed by atoms with Gasteiger partial charge in [-0.1, -0.05) is 5.92 Å². The third-order valence-electron chi connectivity index (χ3n) is 1.55. The van der Waals surface area contributed by atoms with Gasteiger partial charge < -0.3 is 5.11 Å². The van der Waals surface area contributed by atoms with Crippen LogP contribution in [0.25, 0.3) is 0 Å². The Morgan fingerprint density at radius 1 is 1.58 bits per heavy atom. The zero-order valence-electron chi connectivity index (χ0n) is 6.36. The minimum Gasteiger partial charge on any atom is -0.376 e. The fourth-order valence-electron chi connectivity index (χ4n) is 0.951. The Hall–Kier alpha value is -1.54. The van der Waals surface area contributed by atoms with Crippen molar-refractivity contribution in [2.24, 2.45) is 0 Å². The van der Waals surface area contributed by atoms with Gasteiger partial charge in [-0.2, -0.15) is 0 Å². The molecule has 0 aliphatic carbocycles. The molecule has 1 fully saturated rings. The summed E-state index contributed by atoms with van der Waals surface area (Å²) in [5.74, 6) is 1.82. The highest BCUT2D eigenvalue weighted by Gasteiger charge is 2.34. The summed E-state index contributed by atoms with van der Waals surface area (Å²) in [6, 6.07) is -0.527. The molecule has 1 aliphatic heterocycles. The van der Waals surface area contributed by atoms with Gasteiger partial charge in [0.15, 0.2) is 0 Å². The van der Waals surface area contributed by atoms with Crippen molar-refractivity contribution >= 4 is 11.9 Å². The van der Waals surface area contributed by atoms with Gasteiger partial charge in [0.25, 0.3) is 5.91 Å². The third-order valence-corrected chi connectivity index (χ3v) is 1.55. The summed E-state index contributed by atoms with van der Waals surface area (Å²) < 4.78 is 0. The largest absolute Gasteiger partial charge is 0.376 e. The summed E-state index contributed by atoms with van der Waals surface area (Å²) >= 11 is 0. The molecule has 5 heteroatoms. The number of hydrogen-bond acceptors (Lipinski definition) is 3. The Balaban J connectivity index is 2.72. The molecule has 0 bridgehead atoms. The highest BCUT2D eigenvalue weighted by Crippen LogP contribution is 2.07. The van der Waals surface area contributed by atoms with E-state index in [0.29, 0.717) is 0 Å². The van der Waals surface area contributed by atoms with Crippen molar-refractivity contribution in [3.8, 4) is 12.3 Å². The number of aliphatic hydroxyl groups excluding tert-OH is 1. The third kappa shape index (κ3) is 1.24. The minimum atomic E-state index is -0.527. The van der Waals surface area contributed by atoms with E-state index in [-0.39, 0.29) is 19.0 Å². The molecule has 0 aromatic heterocycles. The zero-order chi connectivity index (χ0) is 9.14. The second-order valence-corrected chi connectivity index (χ2v) is 2.31. The molecule has 3 amide bonds. The van der Waals surface area contributed by atoms with Crippen LogP contribution in [0.4, 0.5) is 4.79 Å². The van der Waals surface area contributed by atoms with Crippen LogP contribution in [0.1, 0.15) is 0 Å². The van der Waals surface area contributed by atoms with Gasteiger partial charge in [0, 0.05) is 0 Å². The fraction of sp³-hybridized carbons (Fsp3) is 0.429. The van der Waals surface area contributed by atoms with Crippen LogP contribution in [-0.2, 0) is 4.79 Å². The van der Waals surface area contributed by atoms with Crippen molar-refractivity contribution in [1.29, 1.82) is 0 Å². The van der Waals surface area contributed by atoms with Crippen molar-refractivity contribution in [1.82, 2.24) is 9.80 Å². The predicted octanol–water partition coefficient (Wildman–Crippen LogP) is -1.17. The van der Waals surface area contributed by atoms with Crippen LogP contribution < -0.4 is 0 Å². The molecule has 0 unspecified atom stereocenters. The molecule has 12 heavy (non-hydrogen) atoms. The SMILES string of the molecule is C#CCN1C(=O)CN(CO)C1=O. The van der Waals surface area contributed by atoms with Gasteiger partial charge in [0.2, 0.25) is 0 Å². The van der Waals surface area contributed by atoms with Crippen LogP contribution >= 0.6 is 0 Å². The number of aliphatic hydroxyl groups is 1. The molecule has 5 nitrogen and oxygen atoms in total. The number of terminal acetylenes is 1. The molecule has 1 aliphatic rings. The molecular formula is C7H8N2O3. The number of nitrogens with zero attached hydrogens (tertiary/aromatic N) is 2. The molecule has 1 rings (SSSR count). The Bertz CT molecular complexity index is 256. The smallest absolute Gasteiger partial charge is 0.329 e. The highest BCUT2D eigenvalue weighted by molar-refractivity contribution is 6.02. The van der Waals surface area contributed by atoms with Gasteiger partial charge in [0.1, 0.15) is 13.3 Å². The van der Waals surface area contributed by atoms with Crippen LogP contribution in [0.15, 0.2) is 0 Å². The molecule has 0 spiro atoms. The maximum absolute atomic E-state index is 11.1. The number of urea groups is 1. The van der Waals surface area contributed by atoms with Gasteiger partial charge in [-0.3, -0.25) is 14.6 Å². The molecule has 1 N–H and O–H groups in total. The molecule has 1 heterocycles. The van der Waals surface area contributed by atoms with Gasteiger partial charge in [0.05, 0.1) is 6.54 Å². The van der Waals surface area contributed by atoms with Gasteiger partial charge in [-0.05, 0) is 0 Å². The highest BCUT2D eigenvalue weighted by atomic mass is 16.3. The van der Waals surface area contributed by atoms with Crippen molar-refractivity contribution in [3.05, 3.63) is 0 Å². The minimum absolute atomic E-state index is 0.0336. The van der Waals surface area contributed by atoms with Crippen molar-refractivity contribution in [3.63, 3.8) is 0 Å². The van der Waals surface area contributed by atoms with Gasteiger partial charge in [-0.25, -0.2) is 4.79 Å². The Morgan fingerprint density at radius 3 is 2.67 bits per heavy atom. The van der Waals surface area contributed by atoms with Crippen molar-refractivity contribution in [2.45, 2.75) is 0 Å². The molecule has 0 aromatic carbocycles. The number of carbonyl (C=O) groups excluding carboxylic acids is 2. The first-order valence-corrected chi connectivity index (χ1v) is 3.34. The fourth-order valence-corrected chi connectivity index (χ4v) is 0.951. The molecular weight excluding hydrogens is 160 g/mol. The van der Waals surface area contributed by atoms with E-state index in [9.17, 15) is 9.59 Å². The van der Waals surface area contributed by atoms with E-state index in [4.69, 9.17) is 11.5 Å². The van der Waals surface area contributed by atoms with Crippen LogP contribution in [-0.4, -0.2) is 46.7 Å². The quantitative estimate of drug-likeness (QED) is 0.417. The molecule has 1 saturated heterocycles. The Morgan fingerprint density at radius 2 is 2.25 bits per heavy atom. The van der Waals surface area contributed by atoms with E-state index >= 15 is 0 Å². The van der Waals surface area contributed by atoms with E-state index in [1.807, 2.05) is 0 Å². The normalized spacial score (nSPS) is 17.0. The molecule has 0 aromatic rings. The average molecular weight is 168 g/mol. The summed E-state index contributed by atoms with van der Waals surface area (Å²) in [7, 11) is 0. The van der Waals surface area contributed by atoms with Gasteiger partial charge >= 0.3 is 6.03 Å². The predicted molar refractivity (Wildman–Crippen MR) is 39.7 cm³/mol. The van der Waals surface area contributed by atoms with E-state index in [1.54, 1.807) is 0 Å². The maximum Gasteiger partial charge on any atom is 0.329 e. The summed E-state index contributed by atoms with van der Waals surface area (Å²) in [5, 5.41) is 8.61. The van der Waals surface area contributed by atoms with E-state index in [1.165, 1.54) is 0 Å². The van der Waals surface area contributed by atoms with E-state index < -0.39 is 12.8 Å². The standard InChI is InChI=1S/C7H8N2O3/c1-2-3-9-6(11)4-8(5-10)7(9)12/h1,10H,3-5H2. The lowest BCUT2D eigenvalue weighted by molar-refractivity contribution is -0.125. The lowest BCUT2D eigenvalue weighted by Gasteiger charge is -2.11. The van der Waals surface area contributed by atoms with Crippen LogP contribution in [0, 0.1) is 12.3 Å². The maximum atomic E-state index is 11.1. The summed E-state index contributed by atoms with van der Waals surface area (Å²) in [6.07, 6.45) is 4.94. The summed E-state index contributed by atoms with van der Waals surface area (Å²) in [5.41, 5.74) is 0. The summed E-state index contributed by atoms with van der Waals surface area (Å²) in [6.45, 7) is -0.573. The number of hydrogen-bond donors (Lipinski definition) is 1. The van der Waals surface area contributed by atoms with Crippen LogP contribution in [0.2, 0.25) is 0 Å². The number of amides is 3. The first-order chi connectivity index (χ1) is 5.70. The van der Waals surface area contributed by atoms with E-state index in [2.05, 4.69) is 5.92 Å². The van der Waals surface area contributed by atoms with Crippen LogP contribution in [0.5, 0.6) is 0 Å². The van der Waals surface area contributed by atoms with Crippen molar-refractivity contribution < 1.29 is 14.7 Å². The second kappa shape index (κ2) is 3.24. The first kappa shape index (κ1) is 8.56. The molecule has 64 valence electrons. The lowest BCUT2D eigenvalue weighted by Crippen LogP contribution is -2.33. The Kier molecular flexibility index (Phi) is 2.31. The van der Waals surface area contributed by atoms with Crippen LogP contribution in [0.3, 0.4) is 0 Å². The van der Waals surface area contributed by atoms with Crippen molar-refractivity contribution in [2.75, 3.05) is 19.8 Å². The Labute approximate surface area is 69.6 Å². The number of imide groups is 1. The first-order valence-electron chi connectivity index (χ1n) is 3.34. The van der Waals surface area contributed by atoms with E-state index in [0.717, 1.165) is 9.80 Å². The summed E-state index contributed by atoms with van der Waals surface area (Å²) in [4.78, 5) is 24.1. The molecule has 0 atom stereocenters.